The molecule has 0 spiro atoms. The third-order valence-electron chi connectivity index (χ3n) is 3.78. The van der Waals surface area contributed by atoms with Gasteiger partial charge in [-0.3, -0.25) is 4.79 Å². The monoisotopic (exact) mass is 299 g/mol. The number of carbonyl (C=O) groups excluding carboxylic acids is 1. The number of nitrogens with zero attached hydrogens (tertiary/aromatic N) is 3. The van der Waals surface area contributed by atoms with Crippen LogP contribution in [0.2, 0.25) is 0 Å². The van der Waals surface area contributed by atoms with E-state index < -0.39 is 0 Å². The molecule has 0 bridgehead atoms. The van der Waals surface area contributed by atoms with Gasteiger partial charge in [0.25, 0.3) is 5.91 Å². The molecule has 1 aromatic heterocycles. The first-order chi connectivity index (χ1) is 11.3. The minimum atomic E-state index is -0.182. The number of hydrogen-bond donors (Lipinski definition) is 0. The van der Waals surface area contributed by atoms with Crippen LogP contribution >= 0.6 is 0 Å². The number of carbonyl (C=O) groups is 1. The Morgan fingerprint density at radius 3 is 2.17 bits per heavy atom. The number of fused-ring (bicyclic) bond motifs is 1. The van der Waals surface area contributed by atoms with E-state index in [0.717, 1.165) is 11.1 Å². The van der Waals surface area contributed by atoms with Crippen molar-refractivity contribution in [3.63, 3.8) is 0 Å². The molecule has 0 amide bonds. The molecule has 23 heavy (non-hydrogen) atoms. The maximum Gasteiger partial charge on any atom is 0.280 e. The molecule has 0 aliphatic rings. The summed E-state index contributed by atoms with van der Waals surface area (Å²) >= 11 is 0. The molecule has 0 fully saturated rings. The third kappa shape index (κ3) is 2.40. The summed E-state index contributed by atoms with van der Waals surface area (Å²) in [5.41, 5.74) is 4.20. The van der Waals surface area contributed by atoms with Crippen molar-refractivity contribution in [2.45, 2.75) is 0 Å². The molecular weight excluding hydrogens is 286 g/mol. The van der Waals surface area contributed by atoms with Gasteiger partial charge < -0.3 is 0 Å². The Labute approximate surface area is 133 Å². The molecule has 0 saturated carbocycles. The van der Waals surface area contributed by atoms with Crippen LogP contribution in [0.4, 0.5) is 0 Å². The van der Waals surface area contributed by atoms with Gasteiger partial charge in [-0.25, -0.2) is 0 Å². The first kappa shape index (κ1) is 13.4. The van der Waals surface area contributed by atoms with Gasteiger partial charge in [0, 0.05) is 5.56 Å². The SMILES string of the molecule is O=C(c1ccc(-c2ccccc2)cc1)n1nnc2ccccc21. The second kappa shape index (κ2) is 5.50. The van der Waals surface area contributed by atoms with Gasteiger partial charge in [-0.1, -0.05) is 59.8 Å². The van der Waals surface area contributed by atoms with E-state index >= 15 is 0 Å². The molecule has 0 aliphatic heterocycles. The zero-order chi connectivity index (χ0) is 15.6. The number of benzene rings is 3. The average Bonchev–Trinajstić information content (AvgIpc) is 3.06. The fourth-order valence-electron chi connectivity index (χ4n) is 2.58. The van der Waals surface area contributed by atoms with Crippen molar-refractivity contribution in [2.75, 3.05) is 0 Å². The standard InChI is InChI=1S/C19H13N3O/c23-19(22-18-9-5-4-8-17(18)20-21-22)16-12-10-15(11-13-16)14-6-2-1-3-7-14/h1-13H. The largest absolute Gasteiger partial charge is 0.280 e. The zero-order valence-electron chi connectivity index (χ0n) is 12.3. The van der Waals surface area contributed by atoms with Crippen LogP contribution in [0, 0.1) is 0 Å². The number of rotatable bonds is 2. The zero-order valence-corrected chi connectivity index (χ0v) is 12.3. The smallest absolute Gasteiger partial charge is 0.267 e. The Morgan fingerprint density at radius 2 is 1.39 bits per heavy atom. The maximum atomic E-state index is 12.6. The number of hydrogen-bond acceptors (Lipinski definition) is 3. The summed E-state index contributed by atoms with van der Waals surface area (Å²) in [5.74, 6) is -0.182. The van der Waals surface area contributed by atoms with E-state index in [1.165, 1.54) is 4.68 Å². The number of aromatic nitrogens is 3. The Bertz CT molecular complexity index is 972. The molecule has 0 aliphatic carbocycles. The van der Waals surface area contributed by atoms with Crippen LogP contribution in [0.25, 0.3) is 22.2 Å². The lowest BCUT2D eigenvalue weighted by Gasteiger charge is -2.04. The second-order valence-corrected chi connectivity index (χ2v) is 5.24. The van der Waals surface area contributed by atoms with Gasteiger partial charge >= 0.3 is 0 Å². The van der Waals surface area contributed by atoms with Crippen molar-refractivity contribution in [3.05, 3.63) is 84.4 Å². The molecule has 0 radical (unpaired) electrons. The molecule has 4 rings (SSSR count). The summed E-state index contributed by atoms with van der Waals surface area (Å²) in [6.07, 6.45) is 0. The Morgan fingerprint density at radius 1 is 0.739 bits per heavy atom. The van der Waals surface area contributed by atoms with Crippen molar-refractivity contribution in [1.29, 1.82) is 0 Å². The van der Waals surface area contributed by atoms with Crippen LogP contribution < -0.4 is 0 Å². The highest BCUT2D eigenvalue weighted by Gasteiger charge is 2.13. The summed E-state index contributed by atoms with van der Waals surface area (Å²) < 4.78 is 1.34. The van der Waals surface area contributed by atoms with Crippen LogP contribution in [0.15, 0.2) is 78.9 Å². The van der Waals surface area contributed by atoms with Gasteiger partial charge in [-0.05, 0) is 35.4 Å². The second-order valence-electron chi connectivity index (χ2n) is 5.24. The van der Waals surface area contributed by atoms with Crippen molar-refractivity contribution in [2.24, 2.45) is 0 Å². The quantitative estimate of drug-likeness (QED) is 0.566. The van der Waals surface area contributed by atoms with Crippen LogP contribution in [0.1, 0.15) is 10.4 Å². The van der Waals surface area contributed by atoms with Crippen molar-refractivity contribution in [1.82, 2.24) is 15.0 Å². The highest BCUT2D eigenvalue weighted by atomic mass is 16.2. The van der Waals surface area contributed by atoms with E-state index in [1.807, 2.05) is 78.9 Å². The Balaban J connectivity index is 1.69. The first-order valence-corrected chi connectivity index (χ1v) is 7.33. The third-order valence-corrected chi connectivity index (χ3v) is 3.78. The fraction of sp³-hybridized carbons (Fsp3) is 0. The summed E-state index contributed by atoms with van der Waals surface area (Å²) in [5, 5.41) is 7.99. The molecule has 4 heteroatoms. The highest BCUT2D eigenvalue weighted by Crippen LogP contribution is 2.20. The minimum absolute atomic E-state index is 0.182. The van der Waals surface area contributed by atoms with E-state index in [4.69, 9.17) is 0 Å². The predicted molar refractivity (Wildman–Crippen MR) is 89.1 cm³/mol. The van der Waals surface area contributed by atoms with Crippen LogP contribution in [0.3, 0.4) is 0 Å². The predicted octanol–water partition coefficient (Wildman–Crippen LogP) is 3.79. The van der Waals surface area contributed by atoms with Gasteiger partial charge in [-0.15, -0.1) is 5.10 Å². The Hall–Kier alpha value is -3.27. The van der Waals surface area contributed by atoms with E-state index in [0.29, 0.717) is 16.6 Å². The molecular formula is C19H13N3O. The molecule has 0 saturated heterocycles. The van der Waals surface area contributed by atoms with Crippen molar-refractivity contribution in [3.8, 4) is 11.1 Å². The van der Waals surface area contributed by atoms with Crippen molar-refractivity contribution < 1.29 is 4.79 Å². The molecule has 0 N–H and O–H groups in total. The lowest BCUT2D eigenvalue weighted by Crippen LogP contribution is -2.13. The molecule has 3 aromatic carbocycles. The van der Waals surface area contributed by atoms with Gasteiger partial charge in [0.2, 0.25) is 0 Å². The minimum Gasteiger partial charge on any atom is -0.267 e. The van der Waals surface area contributed by atoms with E-state index in [1.54, 1.807) is 0 Å². The lowest BCUT2D eigenvalue weighted by molar-refractivity contribution is 0.0948. The first-order valence-electron chi connectivity index (χ1n) is 7.33. The van der Waals surface area contributed by atoms with E-state index in [-0.39, 0.29) is 5.91 Å². The number of para-hydroxylation sites is 1. The van der Waals surface area contributed by atoms with E-state index in [2.05, 4.69) is 10.3 Å². The fourth-order valence-corrected chi connectivity index (χ4v) is 2.58. The normalized spacial score (nSPS) is 10.8. The molecule has 110 valence electrons. The topological polar surface area (TPSA) is 47.8 Å². The molecule has 0 atom stereocenters. The summed E-state index contributed by atoms with van der Waals surface area (Å²) in [6.45, 7) is 0. The van der Waals surface area contributed by atoms with E-state index in [9.17, 15) is 4.79 Å². The van der Waals surface area contributed by atoms with Gasteiger partial charge in [-0.2, -0.15) is 4.68 Å². The van der Waals surface area contributed by atoms with Crippen LogP contribution in [0.5, 0.6) is 0 Å². The lowest BCUT2D eigenvalue weighted by atomic mass is 10.0. The van der Waals surface area contributed by atoms with Crippen LogP contribution in [-0.2, 0) is 0 Å². The summed E-state index contributed by atoms with van der Waals surface area (Å²) in [4.78, 5) is 12.6. The highest BCUT2D eigenvalue weighted by molar-refractivity contribution is 6.00. The summed E-state index contributed by atoms with van der Waals surface area (Å²) in [7, 11) is 0. The van der Waals surface area contributed by atoms with Gasteiger partial charge in [0.1, 0.15) is 5.52 Å². The molecule has 0 unspecified atom stereocenters. The Kier molecular flexibility index (Phi) is 3.20. The van der Waals surface area contributed by atoms with Gasteiger partial charge in [0.15, 0.2) is 0 Å². The molecule has 4 nitrogen and oxygen atoms in total. The van der Waals surface area contributed by atoms with Crippen LogP contribution in [-0.4, -0.2) is 20.9 Å². The van der Waals surface area contributed by atoms with Gasteiger partial charge in [0.05, 0.1) is 5.52 Å². The average molecular weight is 299 g/mol. The molecule has 4 aromatic rings. The molecule has 1 heterocycles. The van der Waals surface area contributed by atoms with Crippen molar-refractivity contribution >= 4 is 16.9 Å². The maximum absolute atomic E-state index is 12.6. The summed E-state index contributed by atoms with van der Waals surface area (Å²) in [6, 6.07) is 25.0.